The Kier molecular flexibility index (Phi) is 12.1. The molecule has 0 aliphatic carbocycles. The number of ether oxygens (including phenoxy) is 1. The van der Waals surface area contributed by atoms with E-state index >= 15 is 0 Å². The molecule has 0 heterocycles. The summed E-state index contributed by atoms with van der Waals surface area (Å²) in [6.07, 6.45) is 4.51. The van der Waals surface area contributed by atoms with Crippen molar-refractivity contribution in [2.75, 3.05) is 19.8 Å². The number of phosphoric ester groups is 1. The topological polar surface area (TPSA) is 100 Å². The molecular formula is C16H28NO7P. The zero-order chi connectivity index (χ0) is 19.3. The molecule has 1 unspecified atom stereocenters. The number of carbonyl (C=O) groups is 2. The van der Waals surface area contributed by atoms with Crippen molar-refractivity contribution in [3.05, 3.63) is 24.8 Å². The fourth-order valence-corrected chi connectivity index (χ4v) is 3.01. The third kappa shape index (κ3) is 10.9. The maximum Gasteiger partial charge on any atom is 0.475 e. The normalized spacial score (nSPS) is 16.0. The number of hydrogen-bond donors (Lipinski definition) is 1. The van der Waals surface area contributed by atoms with Crippen LogP contribution in [0.5, 0.6) is 0 Å². The molecule has 0 fully saturated rings. The second-order valence-corrected chi connectivity index (χ2v) is 6.74. The highest BCUT2D eigenvalue weighted by molar-refractivity contribution is 7.48. The van der Waals surface area contributed by atoms with Crippen LogP contribution in [0.2, 0.25) is 0 Å². The zero-order valence-corrected chi connectivity index (χ0v) is 16.1. The first kappa shape index (κ1) is 23.5. The number of carbonyl (C=O) groups excluding carboxylic acids is 2. The van der Waals surface area contributed by atoms with Gasteiger partial charge in [-0.05, 0) is 19.4 Å². The number of allylic oxidation sites excluding steroid dienone is 1. The predicted octanol–water partition coefficient (Wildman–Crippen LogP) is 2.75. The Hall–Kier alpha value is -1.47. The first-order valence-corrected chi connectivity index (χ1v) is 9.45. The monoisotopic (exact) mass is 377 g/mol. The summed E-state index contributed by atoms with van der Waals surface area (Å²) in [4.78, 5) is 22.7. The molecule has 0 saturated heterocycles. The summed E-state index contributed by atoms with van der Waals surface area (Å²) in [6, 6.07) is -0.761. The molecule has 8 nitrogen and oxygen atoms in total. The summed E-state index contributed by atoms with van der Waals surface area (Å²) in [5.41, 5.74) is 0. The molecule has 0 aliphatic heterocycles. The highest BCUT2D eigenvalue weighted by Gasteiger charge is 2.31. The molecule has 25 heavy (non-hydrogen) atoms. The predicted molar refractivity (Wildman–Crippen MR) is 93.9 cm³/mol. The molecule has 0 aromatic heterocycles. The molecule has 0 rings (SSSR count). The smallest absolute Gasteiger partial charge is 0.456 e. The van der Waals surface area contributed by atoms with E-state index in [2.05, 4.69) is 11.9 Å². The van der Waals surface area contributed by atoms with E-state index in [9.17, 15) is 14.2 Å². The van der Waals surface area contributed by atoms with Crippen molar-refractivity contribution in [3.63, 3.8) is 0 Å². The number of nitrogens with one attached hydrogen (secondary N) is 1. The molecular weight excluding hydrogens is 349 g/mol. The summed E-state index contributed by atoms with van der Waals surface area (Å²) in [5.74, 6) is -0.877. The largest absolute Gasteiger partial charge is 0.475 e. The minimum atomic E-state index is -3.83. The van der Waals surface area contributed by atoms with Gasteiger partial charge in [-0.1, -0.05) is 19.1 Å². The van der Waals surface area contributed by atoms with Crippen molar-refractivity contribution in [1.82, 2.24) is 5.32 Å². The van der Waals surface area contributed by atoms with E-state index in [1.807, 2.05) is 6.92 Å². The quantitative estimate of drug-likeness (QED) is 0.299. The summed E-state index contributed by atoms with van der Waals surface area (Å²) >= 11 is 0. The minimum absolute atomic E-state index is 0.0198. The lowest BCUT2D eigenvalue weighted by atomic mass is 10.1. The van der Waals surface area contributed by atoms with Crippen LogP contribution in [0.15, 0.2) is 24.8 Å². The zero-order valence-electron chi connectivity index (χ0n) is 15.2. The van der Waals surface area contributed by atoms with Gasteiger partial charge in [0.2, 0.25) is 5.91 Å². The van der Waals surface area contributed by atoms with Gasteiger partial charge in [-0.2, -0.15) is 0 Å². The molecule has 144 valence electrons. The van der Waals surface area contributed by atoms with Crippen LogP contribution in [0.25, 0.3) is 0 Å². The van der Waals surface area contributed by atoms with E-state index in [0.717, 1.165) is 0 Å². The van der Waals surface area contributed by atoms with Crippen LogP contribution in [-0.4, -0.2) is 43.8 Å². The van der Waals surface area contributed by atoms with Crippen molar-refractivity contribution in [2.45, 2.75) is 46.3 Å². The summed E-state index contributed by atoms with van der Waals surface area (Å²) in [5, 5.41) is 2.61. The van der Waals surface area contributed by atoms with E-state index in [4.69, 9.17) is 18.3 Å². The van der Waals surface area contributed by atoms with Gasteiger partial charge >= 0.3 is 13.8 Å². The van der Waals surface area contributed by atoms with E-state index in [1.165, 1.54) is 19.9 Å². The van der Waals surface area contributed by atoms with Crippen molar-refractivity contribution < 1.29 is 32.5 Å². The van der Waals surface area contributed by atoms with Gasteiger partial charge in [-0.3, -0.25) is 23.2 Å². The maximum atomic E-state index is 12.6. The van der Waals surface area contributed by atoms with Crippen molar-refractivity contribution in [2.24, 2.45) is 0 Å². The van der Waals surface area contributed by atoms with Gasteiger partial charge in [-0.25, -0.2) is 4.57 Å². The molecule has 9 heteroatoms. The lowest BCUT2D eigenvalue weighted by Crippen LogP contribution is -2.46. The molecule has 0 spiro atoms. The molecule has 0 radical (unpaired) electrons. The number of phosphoric acid groups is 1. The SMILES string of the molecule is C=CCOP(=O)(OCCC)OC[C@H](NC(C)=O)[C@@H](/C=C/C)OC(C)=O. The lowest BCUT2D eigenvalue weighted by Gasteiger charge is -2.26. The molecule has 0 aromatic rings. The fraction of sp³-hybridized carbons (Fsp3) is 0.625. The Bertz CT molecular complexity index is 507. The summed E-state index contributed by atoms with van der Waals surface area (Å²) in [6.45, 7) is 9.57. The first-order valence-electron chi connectivity index (χ1n) is 7.99. The van der Waals surface area contributed by atoms with Gasteiger partial charge in [0.1, 0.15) is 6.10 Å². The highest BCUT2D eigenvalue weighted by atomic mass is 31.2. The Labute approximate surface area is 149 Å². The minimum Gasteiger partial charge on any atom is -0.456 e. The molecule has 3 atom stereocenters. The van der Waals surface area contributed by atoms with Crippen LogP contribution in [0.1, 0.15) is 34.1 Å². The third-order valence-corrected chi connectivity index (χ3v) is 4.12. The van der Waals surface area contributed by atoms with Gasteiger partial charge < -0.3 is 10.1 Å². The number of esters is 1. The Morgan fingerprint density at radius 2 is 1.92 bits per heavy atom. The average molecular weight is 377 g/mol. The van der Waals surface area contributed by atoms with Gasteiger partial charge in [0, 0.05) is 13.8 Å². The summed E-state index contributed by atoms with van der Waals surface area (Å²) in [7, 11) is -3.83. The van der Waals surface area contributed by atoms with E-state index < -0.39 is 25.9 Å². The fourth-order valence-electron chi connectivity index (χ4n) is 1.75. The van der Waals surface area contributed by atoms with Gasteiger partial charge in [0.05, 0.1) is 25.9 Å². The highest BCUT2D eigenvalue weighted by Crippen LogP contribution is 2.49. The van der Waals surface area contributed by atoms with Crippen LogP contribution >= 0.6 is 7.82 Å². The van der Waals surface area contributed by atoms with Gasteiger partial charge in [0.15, 0.2) is 0 Å². The Morgan fingerprint density at radius 3 is 2.40 bits per heavy atom. The molecule has 1 amide bonds. The van der Waals surface area contributed by atoms with Crippen LogP contribution in [0, 0.1) is 0 Å². The third-order valence-electron chi connectivity index (χ3n) is 2.69. The molecule has 0 bridgehead atoms. The van der Waals surface area contributed by atoms with E-state index in [1.54, 1.807) is 19.1 Å². The van der Waals surface area contributed by atoms with Crippen LogP contribution in [0.3, 0.4) is 0 Å². The molecule has 1 N–H and O–H groups in total. The van der Waals surface area contributed by atoms with E-state index in [-0.39, 0.29) is 25.7 Å². The van der Waals surface area contributed by atoms with Crippen molar-refractivity contribution in [1.29, 1.82) is 0 Å². The Balaban J connectivity index is 5.18. The first-order chi connectivity index (χ1) is 11.8. The standard InChI is InChI=1S/C16H28NO7P/c1-6-9-16(24-14(5)19)15(17-13(4)18)12-23-25(20,21-10-7-2)22-11-8-3/h6-7,9,15-16H,2,8,10-12H2,1,3-5H3,(H,17,18)/b9-6+/t15-,16+,25?/m0/s1. The molecule has 0 aliphatic rings. The second kappa shape index (κ2) is 12.8. The maximum absolute atomic E-state index is 12.6. The summed E-state index contributed by atoms with van der Waals surface area (Å²) < 4.78 is 33.4. The number of amides is 1. The average Bonchev–Trinajstić information content (AvgIpc) is 2.54. The number of hydrogen-bond acceptors (Lipinski definition) is 7. The molecule has 0 saturated carbocycles. The van der Waals surface area contributed by atoms with Gasteiger partial charge in [0.25, 0.3) is 0 Å². The van der Waals surface area contributed by atoms with E-state index in [0.29, 0.717) is 6.42 Å². The van der Waals surface area contributed by atoms with Gasteiger partial charge in [-0.15, -0.1) is 6.58 Å². The lowest BCUT2D eigenvalue weighted by molar-refractivity contribution is -0.146. The van der Waals surface area contributed by atoms with Crippen LogP contribution in [0.4, 0.5) is 0 Å². The van der Waals surface area contributed by atoms with Crippen LogP contribution < -0.4 is 5.32 Å². The molecule has 0 aromatic carbocycles. The van der Waals surface area contributed by atoms with Crippen LogP contribution in [-0.2, 0) is 32.5 Å². The Morgan fingerprint density at radius 1 is 1.24 bits per heavy atom. The van der Waals surface area contributed by atoms with Crippen molar-refractivity contribution >= 4 is 19.7 Å². The van der Waals surface area contributed by atoms with Crippen molar-refractivity contribution in [3.8, 4) is 0 Å². The number of rotatable bonds is 13. The second-order valence-electron chi connectivity index (χ2n) is 5.07.